The molecule has 25 heavy (non-hydrogen) atoms. The first kappa shape index (κ1) is 15.2. The van der Waals surface area contributed by atoms with E-state index >= 15 is 0 Å². The number of aromatic nitrogens is 2. The van der Waals surface area contributed by atoms with Gasteiger partial charge in [0.15, 0.2) is 6.61 Å². The van der Waals surface area contributed by atoms with E-state index in [0.29, 0.717) is 24.4 Å². The number of ether oxygens (including phenoxy) is 1. The summed E-state index contributed by atoms with van der Waals surface area (Å²) in [6.45, 7) is 0.749. The molecule has 0 radical (unpaired) electrons. The van der Waals surface area contributed by atoms with Gasteiger partial charge in [0.1, 0.15) is 5.75 Å². The van der Waals surface area contributed by atoms with Crippen molar-refractivity contribution in [2.75, 3.05) is 24.6 Å². The van der Waals surface area contributed by atoms with Crippen molar-refractivity contribution < 1.29 is 14.3 Å². The Balaban J connectivity index is 1.42. The summed E-state index contributed by atoms with van der Waals surface area (Å²) in [7, 11) is 0. The summed E-state index contributed by atoms with van der Waals surface area (Å²) >= 11 is 0. The highest BCUT2D eigenvalue weighted by Gasteiger charge is 2.24. The monoisotopic (exact) mass is 336 g/mol. The lowest BCUT2D eigenvalue weighted by atomic mass is 10.2. The molecule has 126 valence electrons. The maximum absolute atomic E-state index is 12.3. The molecule has 7 nitrogen and oxygen atoms in total. The number of rotatable bonds is 4. The maximum atomic E-state index is 12.3. The summed E-state index contributed by atoms with van der Waals surface area (Å²) < 4.78 is 5.41. The number of hydrogen-bond donors (Lipinski definition) is 2. The topological polar surface area (TPSA) is 87.3 Å². The molecule has 0 spiro atoms. The minimum Gasteiger partial charge on any atom is -0.482 e. The van der Waals surface area contributed by atoms with Crippen LogP contribution in [0.2, 0.25) is 0 Å². The second-order valence-electron chi connectivity index (χ2n) is 5.69. The van der Waals surface area contributed by atoms with Gasteiger partial charge in [-0.2, -0.15) is 0 Å². The second-order valence-corrected chi connectivity index (χ2v) is 5.69. The standard InChI is InChI=1S/C18H16N4O3/c23-17-10-25-16-4-2-1-3-15(16)22(17)8-7-19-18(24)12-5-6-13-14(9-12)21-11-20-13/h1-6,9,11H,7-8,10H2,(H,19,24)(H,20,21). The van der Waals surface area contributed by atoms with Gasteiger partial charge in [-0.15, -0.1) is 0 Å². The molecule has 0 fully saturated rings. The molecule has 0 aliphatic carbocycles. The third kappa shape index (κ3) is 2.91. The Bertz CT molecular complexity index is 950. The molecule has 1 aromatic heterocycles. The van der Waals surface area contributed by atoms with Crippen molar-refractivity contribution in [3.05, 3.63) is 54.4 Å². The van der Waals surface area contributed by atoms with E-state index in [1.807, 2.05) is 24.3 Å². The number of carbonyl (C=O) groups is 2. The van der Waals surface area contributed by atoms with Crippen molar-refractivity contribution >= 4 is 28.5 Å². The number of imidazole rings is 1. The number of anilines is 1. The van der Waals surface area contributed by atoms with Gasteiger partial charge in [-0.3, -0.25) is 9.59 Å². The minimum atomic E-state index is -0.189. The summed E-state index contributed by atoms with van der Waals surface area (Å²) in [5.74, 6) is 0.371. The lowest BCUT2D eigenvalue weighted by molar-refractivity contribution is -0.121. The summed E-state index contributed by atoms with van der Waals surface area (Å²) in [5, 5.41) is 2.85. The number of nitrogens with zero attached hydrogens (tertiary/aromatic N) is 2. The van der Waals surface area contributed by atoms with E-state index in [1.165, 1.54) is 0 Å². The predicted octanol–water partition coefficient (Wildman–Crippen LogP) is 1.72. The molecule has 4 rings (SSSR count). The molecule has 1 aliphatic heterocycles. The molecule has 0 atom stereocenters. The van der Waals surface area contributed by atoms with E-state index in [1.54, 1.807) is 29.4 Å². The van der Waals surface area contributed by atoms with Crippen LogP contribution in [-0.2, 0) is 4.79 Å². The van der Waals surface area contributed by atoms with Crippen LogP contribution in [-0.4, -0.2) is 41.5 Å². The van der Waals surface area contributed by atoms with Crippen molar-refractivity contribution in [3.8, 4) is 5.75 Å². The summed E-state index contributed by atoms with van der Waals surface area (Å²) in [4.78, 5) is 33.1. The first-order chi connectivity index (χ1) is 12.2. The molecule has 7 heteroatoms. The number of amides is 2. The molecule has 0 saturated carbocycles. The fraction of sp³-hybridized carbons (Fsp3) is 0.167. The average Bonchev–Trinajstić information content (AvgIpc) is 3.11. The highest BCUT2D eigenvalue weighted by atomic mass is 16.5. The van der Waals surface area contributed by atoms with Crippen LogP contribution in [0.1, 0.15) is 10.4 Å². The average molecular weight is 336 g/mol. The van der Waals surface area contributed by atoms with Crippen molar-refractivity contribution in [1.29, 1.82) is 0 Å². The van der Waals surface area contributed by atoms with Crippen molar-refractivity contribution in [1.82, 2.24) is 15.3 Å². The quantitative estimate of drug-likeness (QED) is 0.759. The third-order valence-electron chi connectivity index (χ3n) is 4.11. The molecular weight excluding hydrogens is 320 g/mol. The number of nitrogens with one attached hydrogen (secondary N) is 2. The predicted molar refractivity (Wildman–Crippen MR) is 92.7 cm³/mol. The smallest absolute Gasteiger partial charge is 0.265 e. The number of carbonyl (C=O) groups excluding carboxylic acids is 2. The number of fused-ring (bicyclic) bond motifs is 2. The van der Waals surface area contributed by atoms with Gasteiger partial charge in [0.2, 0.25) is 0 Å². The van der Waals surface area contributed by atoms with E-state index in [2.05, 4.69) is 15.3 Å². The van der Waals surface area contributed by atoms with Gasteiger partial charge in [0.05, 0.1) is 23.0 Å². The Morgan fingerprint density at radius 1 is 1.28 bits per heavy atom. The van der Waals surface area contributed by atoms with Crippen LogP contribution in [0.4, 0.5) is 5.69 Å². The van der Waals surface area contributed by atoms with Gasteiger partial charge in [-0.25, -0.2) is 4.98 Å². The van der Waals surface area contributed by atoms with Gasteiger partial charge >= 0.3 is 0 Å². The highest BCUT2D eigenvalue weighted by Crippen LogP contribution is 2.30. The van der Waals surface area contributed by atoms with Crippen LogP contribution >= 0.6 is 0 Å². The Labute approximate surface area is 143 Å². The van der Waals surface area contributed by atoms with E-state index in [4.69, 9.17) is 4.74 Å². The molecule has 2 heterocycles. The van der Waals surface area contributed by atoms with E-state index < -0.39 is 0 Å². The van der Waals surface area contributed by atoms with Crippen molar-refractivity contribution in [2.24, 2.45) is 0 Å². The number of benzene rings is 2. The molecule has 3 aromatic rings. The van der Waals surface area contributed by atoms with Crippen LogP contribution in [0.3, 0.4) is 0 Å². The van der Waals surface area contributed by atoms with Crippen LogP contribution in [0.5, 0.6) is 5.75 Å². The summed E-state index contributed by atoms with van der Waals surface area (Å²) in [5.41, 5.74) is 2.90. The van der Waals surface area contributed by atoms with E-state index in [0.717, 1.165) is 16.7 Å². The van der Waals surface area contributed by atoms with Gasteiger partial charge < -0.3 is 19.9 Å². The summed E-state index contributed by atoms with van der Waals surface area (Å²) in [6, 6.07) is 12.7. The molecule has 0 unspecified atom stereocenters. The van der Waals surface area contributed by atoms with Gasteiger partial charge in [0.25, 0.3) is 11.8 Å². The van der Waals surface area contributed by atoms with Crippen LogP contribution < -0.4 is 15.0 Å². The van der Waals surface area contributed by atoms with E-state index in [9.17, 15) is 9.59 Å². The zero-order valence-corrected chi connectivity index (χ0v) is 13.4. The fourth-order valence-corrected chi connectivity index (χ4v) is 2.86. The molecular formula is C18H16N4O3. The molecule has 0 bridgehead atoms. The molecule has 2 aromatic carbocycles. The Kier molecular flexibility index (Phi) is 3.81. The number of hydrogen-bond acceptors (Lipinski definition) is 4. The number of para-hydroxylation sites is 2. The van der Waals surface area contributed by atoms with Crippen LogP contribution in [0, 0.1) is 0 Å². The van der Waals surface area contributed by atoms with Crippen LogP contribution in [0.25, 0.3) is 11.0 Å². The summed E-state index contributed by atoms with van der Waals surface area (Å²) in [6.07, 6.45) is 1.59. The van der Waals surface area contributed by atoms with E-state index in [-0.39, 0.29) is 18.4 Å². The number of aromatic amines is 1. The Hall–Kier alpha value is -3.35. The zero-order chi connectivity index (χ0) is 17.2. The molecule has 2 N–H and O–H groups in total. The molecule has 2 amide bonds. The molecule has 1 aliphatic rings. The first-order valence-corrected chi connectivity index (χ1v) is 7.96. The van der Waals surface area contributed by atoms with Gasteiger partial charge in [-0.05, 0) is 30.3 Å². The SMILES string of the molecule is O=C(NCCN1C(=O)COc2ccccc21)c1ccc2nc[nH]c2c1. The largest absolute Gasteiger partial charge is 0.482 e. The van der Waals surface area contributed by atoms with Crippen LogP contribution in [0.15, 0.2) is 48.8 Å². The minimum absolute atomic E-state index is 0.0153. The van der Waals surface area contributed by atoms with Crippen molar-refractivity contribution in [3.63, 3.8) is 0 Å². The highest BCUT2D eigenvalue weighted by molar-refractivity contribution is 5.99. The lowest BCUT2D eigenvalue weighted by Gasteiger charge is -2.29. The number of H-pyrrole nitrogens is 1. The fourth-order valence-electron chi connectivity index (χ4n) is 2.86. The normalized spacial score (nSPS) is 13.4. The lowest BCUT2D eigenvalue weighted by Crippen LogP contribution is -2.43. The second kappa shape index (κ2) is 6.27. The first-order valence-electron chi connectivity index (χ1n) is 7.96. The van der Waals surface area contributed by atoms with Crippen molar-refractivity contribution in [2.45, 2.75) is 0 Å². The Morgan fingerprint density at radius 3 is 3.08 bits per heavy atom. The maximum Gasteiger partial charge on any atom is 0.265 e. The zero-order valence-electron chi connectivity index (χ0n) is 13.4. The van der Waals surface area contributed by atoms with Gasteiger partial charge in [-0.1, -0.05) is 12.1 Å². The third-order valence-corrected chi connectivity index (χ3v) is 4.11. The Morgan fingerprint density at radius 2 is 2.16 bits per heavy atom. The van der Waals surface area contributed by atoms with Gasteiger partial charge in [0, 0.05) is 18.7 Å². The molecule has 0 saturated heterocycles.